The SMILES string of the molecule is COCCNC(=O)Cc1ccc(N(Cc2ccc(C(F)(F)F)cc2)C(=O)c2ccccc2C)cc1. The van der Waals surface area contributed by atoms with Crippen molar-refractivity contribution in [3.8, 4) is 0 Å². The molecule has 3 aromatic rings. The average molecular weight is 485 g/mol. The smallest absolute Gasteiger partial charge is 0.383 e. The minimum absolute atomic E-state index is 0.0855. The molecule has 0 atom stereocenters. The minimum atomic E-state index is -4.43. The van der Waals surface area contributed by atoms with Crippen molar-refractivity contribution in [2.45, 2.75) is 26.1 Å². The van der Waals surface area contributed by atoms with Crippen LogP contribution in [0.25, 0.3) is 0 Å². The topological polar surface area (TPSA) is 58.6 Å². The fourth-order valence-corrected chi connectivity index (χ4v) is 3.55. The highest BCUT2D eigenvalue weighted by Crippen LogP contribution is 2.30. The van der Waals surface area contributed by atoms with E-state index in [4.69, 9.17) is 4.74 Å². The van der Waals surface area contributed by atoms with Crippen molar-refractivity contribution in [2.24, 2.45) is 0 Å². The van der Waals surface area contributed by atoms with Gasteiger partial charge >= 0.3 is 6.18 Å². The Bertz CT molecular complexity index is 1140. The van der Waals surface area contributed by atoms with E-state index in [0.29, 0.717) is 30.0 Å². The van der Waals surface area contributed by atoms with Gasteiger partial charge in [0.2, 0.25) is 5.91 Å². The van der Waals surface area contributed by atoms with Crippen molar-refractivity contribution >= 4 is 17.5 Å². The number of anilines is 1. The normalized spacial score (nSPS) is 11.2. The molecule has 0 aliphatic heterocycles. The number of ether oxygens (including phenoxy) is 1. The Morgan fingerprint density at radius 1 is 0.914 bits per heavy atom. The Morgan fingerprint density at radius 3 is 2.14 bits per heavy atom. The first-order valence-electron chi connectivity index (χ1n) is 11.1. The Labute approximate surface area is 202 Å². The Kier molecular flexibility index (Phi) is 8.65. The Morgan fingerprint density at radius 2 is 1.54 bits per heavy atom. The number of carbonyl (C=O) groups excluding carboxylic acids is 2. The summed E-state index contributed by atoms with van der Waals surface area (Å²) in [5.41, 5.74) is 2.44. The number of halogens is 3. The van der Waals surface area contributed by atoms with Gasteiger partial charge in [0.25, 0.3) is 5.91 Å². The zero-order valence-corrected chi connectivity index (χ0v) is 19.6. The number of rotatable bonds is 9. The van der Waals surface area contributed by atoms with E-state index >= 15 is 0 Å². The molecule has 3 rings (SSSR count). The monoisotopic (exact) mass is 484 g/mol. The maximum Gasteiger partial charge on any atom is 0.416 e. The first-order chi connectivity index (χ1) is 16.7. The largest absolute Gasteiger partial charge is 0.416 e. The molecule has 0 saturated heterocycles. The molecule has 0 aliphatic rings. The van der Waals surface area contributed by atoms with Crippen LogP contribution >= 0.6 is 0 Å². The van der Waals surface area contributed by atoms with Crippen molar-refractivity contribution in [1.29, 1.82) is 0 Å². The summed E-state index contributed by atoms with van der Waals surface area (Å²) < 4.78 is 43.8. The van der Waals surface area contributed by atoms with Gasteiger partial charge in [0.15, 0.2) is 0 Å². The highest BCUT2D eigenvalue weighted by molar-refractivity contribution is 6.07. The molecule has 5 nitrogen and oxygen atoms in total. The molecule has 0 aliphatic carbocycles. The van der Waals surface area contributed by atoms with Gasteiger partial charge in [-0.25, -0.2) is 0 Å². The lowest BCUT2D eigenvalue weighted by Crippen LogP contribution is -2.31. The fourth-order valence-electron chi connectivity index (χ4n) is 3.55. The molecule has 8 heteroatoms. The summed E-state index contributed by atoms with van der Waals surface area (Å²) in [5.74, 6) is -0.416. The van der Waals surface area contributed by atoms with E-state index in [0.717, 1.165) is 23.3 Å². The fraction of sp³-hybridized carbons (Fsp3) is 0.259. The van der Waals surface area contributed by atoms with E-state index in [-0.39, 0.29) is 24.8 Å². The molecule has 0 radical (unpaired) electrons. The van der Waals surface area contributed by atoms with Crippen LogP contribution in [0, 0.1) is 6.92 Å². The van der Waals surface area contributed by atoms with Crippen LogP contribution in [0.3, 0.4) is 0 Å². The van der Waals surface area contributed by atoms with Gasteiger partial charge in [0.1, 0.15) is 0 Å². The Hall–Kier alpha value is -3.65. The summed E-state index contributed by atoms with van der Waals surface area (Å²) in [4.78, 5) is 27.1. The predicted octanol–water partition coefficient (Wildman–Crippen LogP) is 5.17. The third-order valence-electron chi connectivity index (χ3n) is 5.48. The molecular weight excluding hydrogens is 457 g/mol. The van der Waals surface area contributed by atoms with Gasteiger partial charge in [-0.1, -0.05) is 42.5 Å². The van der Waals surface area contributed by atoms with Gasteiger partial charge in [-0.3, -0.25) is 9.59 Å². The maximum absolute atomic E-state index is 13.5. The summed E-state index contributed by atoms with van der Waals surface area (Å²) in [6.07, 6.45) is -4.25. The molecule has 0 aromatic heterocycles. The number of benzene rings is 3. The standard InChI is InChI=1S/C27H27F3N2O3/c1-19-5-3-4-6-24(19)26(34)32(18-21-7-11-22(12-8-21)27(28,29)30)23-13-9-20(10-14-23)17-25(33)31-15-16-35-2/h3-14H,15-18H2,1-2H3,(H,31,33). The number of nitrogens with one attached hydrogen (secondary N) is 1. The molecule has 0 unspecified atom stereocenters. The molecule has 0 fully saturated rings. The maximum atomic E-state index is 13.5. The Balaban J connectivity index is 1.85. The number of aryl methyl sites for hydroxylation is 1. The number of carbonyl (C=O) groups is 2. The van der Waals surface area contributed by atoms with Crippen LogP contribution in [-0.4, -0.2) is 32.1 Å². The highest BCUT2D eigenvalue weighted by atomic mass is 19.4. The molecular formula is C27H27F3N2O3. The number of alkyl halides is 3. The van der Waals surface area contributed by atoms with Gasteiger partial charge in [-0.05, 0) is 53.9 Å². The lowest BCUT2D eigenvalue weighted by Gasteiger charge is -2.24. The van der Waals surface area contributed by atoms with Gasteiger partial charge in [-0.15, -0.1) is 0 Å². The molecule has 1 N–H and O–H groups in total. The predicted molar refractivity (Wildman–Crippen MR) is 128 cm³/mol. The molecule has 0 heterocycles. The quantitative estimate of drug-likeness (QED) is 0.427. The number of amides is 2. The van der Waals surface area contributed by atoms with Crippen LogP contribution < -0.4 is 10.2 Å². The van der Waals surface area contributed by atoms with Crippen LogP contribution in [0.5, 0.6) is 0 Å². The van der Waals surface area contributed by atoms with Gasteiger partial charge in [-0.2, -0.15) is 13.2 Å². The zero-order valence-electron chi connectivity index (χ0n) is 19.6. The first-order valence-corrected chi connectivity index (χ1v) is 11.1. The van der Waals surface area contributed by atoms with E-state index in [1.807, 2.05) is 19.1 Å². The number of hydrogen-bond acceptors (Lipinski definition) is 3. The number of nitrogens with zero attached hydrogens (tertiary/aromatic N) is 1. The second kappa shape index (κ2) is 11.7. The van der Waals surface area contributed by atoms with Crippen molar-refractivity contribution in [1.82, 2.24) is 5.32 Å². The number of hydrogen-bond donors (Lipinski definition) is 1. The van der Waals surface area contributed by atoms with Gasteiger partial charge in [0, 0.05) is 24.9 Å². The molecule has 3 aromatic carbocycles. The summed E-state index contributed by atoms with van der Waals surface area (Å²) in [5, 5.41) is 2.75. The summed E-state index contributed by atoms with van der Waals surface area (Å²) in [6, 6.07) is 18.9. The summed E-state index contributed by atoms with van der Waals surface area (Å²) >= 11 is 0. The molecule has 0 bridgehead atoms. The van der Waals surface area contributed by atoms with E-state index in [1.54, 1.807) is 43.5 Å². The van der Waals surface area contributed by atoms with Gasteiger partial charge in [0.05, 0.1) is 25.1 Å². The minimum Gasteiger partial charge on any atom is -0.383 e. The van der Waals surface area contributed by atoms with Crippen LogP contribution in [0.1, 0.15) is 32.6 Å². The van der Waals surface area contributed by atoms with Crippen molar-refractivity contribution < 1.29 is 27.5 Å². The van der Waals surface area contributed by atoms with Crippen LogP contribution in [0.15, 0.2) is 72.8 Å². The van der Waals surface area contributed by atoms with E-state index in [1.165, 1.54) is 17.0 Å². The lowest BCUT2D eigenvalue weighted by molar-refractivity contribution is -0.137. The van der Waals surface area contributed by atoms with Gasteiger partial charge < -0.3 is 15.0 Å². The van der Waals surface area contributed by atoms with Crippen molar-refractivity contribution in [3.05, 3.63) is 101 Å². The lowest BCUT2D eigenvalue weighted by atomic mass is 10.1. The summed E-state index contributed by atoms with van der Waals surface area (Å²) in [7, 11) is 1.56. The second-order valence-electron chi connectivity index (χ2n) is 8.09. The number of methoxy groups -OCH3 is 1. The van der Waals surface area contributed by atoms with Crippen molar-refractivity contribution in [3.63, 3.8) is 0 Å². The van der Waals surface area contributed by atoms with E-state index in [9.17, 15) is 22.8 Å². The van der Waals surface area contributed by atoms with Crippen LogP contribution in [-0.2, 0) is 28.7 Å². The molecule has 35 heavy (non-hydrogen) atoms. The van der Waals surface area contributed by atoms with Crippen LogP contribution in [0.4, 0.5) is 18.9 Å². The average Bonchev–Trinajstić information content (AvgIpc) is 2.83. The van der Waals surface area contributed by atoms with E-state index in [2.05, 4.69) is 5.32 Å². The molecule has 2 amide bonds. The highest BCUT2D eigenvalue weighted by Gasteiger charge is 2.30. The van der Waals surface area contributed by atoms with Crippen molar-refractivity contribution in [2.75, 3.05) is 25.2 Å². The van der Waals surface area contributed by atoms with Crippen LogP contribution in [0.2, 0.25) is 0 Å². The second-order valence-corrected chi connectivity index (χ2v) is 8.09. The zero-order chi connectivity index (χ0) is 25.4. The molecule has 184 valence electrons. The summed E-state index contributed by atoms with van der Waals surface area (Å²) in [6.45, 7) is 2.75. The third-order valence-corrected chi connectivity index (χ3v) is 5.48. The molecule has 0 spiro atoms. The first kappa shape index (κ1) is 26.0. The molecule has 0 saturated carbocycles. The third kappa shape index (κ3) is 7.16. The van der Waals surface area contributed by atoms with E-state index < -0.39 is 11.7 Å².